The quantitative estimate of drug-likeness (QED) is 0.620. The van der Waals surface area contributed by atoms with E-state index in [9.17, 15) is 13.2 Å². The molecule has 0 aromatic heterocycles. The molecule has 78 valence electrons. The van der Waals surface area contributed by atoms with Crippen molar-refractivity contribution in [3.63, 3.8) is 0 Å². The summed E-state index contributed by atoms with van der Waals surface area (Å²) in [5.74, 6) is 0. The van der Waals surface area contributed by atoms with E-state index in [0.717, 1.165) is 17.7 Å². The van der Waals surface area contributed by atoms with Gasteiger partial charge in [-0.05, 0) is 0 Å². The molecule has 0 N–H and O–H groups in total. The van der Waals surface area contributed by atoms with E-state index in [0.29, 0.717) is 5.56 Å². The standard InChI is InChI=1S/C12H8F3/c13-12(14,15)11-7-3-6-10(8-11)9-4-1-2-5-9/h1-8H/q-1. The van der Waals surface area contributed by atoms with Crippen LogP contribution in [0.1, 0.15) is 5.56 Å². The van der Waals surface area contributed by atoms with Gasteiger partial charge < -0.3 is 0 Å². The van der Waals surface area contributed by atoms with Crippen molar-refractivity contribution in [2.24, 2.45) is 0 Å². The Hall–Kier alpha value is -1.64. The molecule has 0 heterocycles. The molecule has 0 atom stereocenters. The second-order valence-corrected chi connectivity index (χ2v) is 3.25. The molecule has 2 aromatic carbocycles. The minimum atomic E-state index is -4.28. The highest BCUT2D eigenvalue weighted by atomic mass is 19.4. The van der Waals surface area contributed by atoms with Gasteiger partial charge in [-0.1, -0.05) is 29.8 Å². The Labute approximate surface area is 85.3 Å². The molecule has 0 saturated carbocycles. The van der Waals surface area contributed by atoms with E-state index in [-0.39, 0.29) is 0 Å². The fourth-order valence-corrected chi connectivity index (χ4v) is 1.44. The monoisotopic (exact) mass is 209 g/mol. The highest BCUT2D eigenvalue weighted by Crippen LogP contribution is 2.32. The van der Waals surface area contributed by atoms with E-state index in [4.69, 9.17) is 0 Å². The first-order valence-corrected chi connectivity index (χ1v) is 4.47. The van der Waals surface area contributed by atoms with Crippen molar-refractivity contribution in [3.8, 4) is 11.1 Å². The summed E-state index contributed by atoms with van der Waals surface area (Å²) < 4.78 is 37.2. The van der Waals surface area contributed by atoms with E-state index < -0.39 is 11.7 Å². The highest BCUT2D eigenvalue weighted by molar-refractivity contribution is 5.64. The van der Waals surface area contributed by atoms with Gasteiger partial charge >= 0.3 is 6.18 Å². The van der Waals surface area contributed by atoms with E-state index in [1.165, 1.54) is 6.07 Å². The molecule has 0 bridgehead atoms. The number of rotatable bonds is 1. The minimum Gasteiger partial charge on any atom is -0.176 e. The van der Waals surface area contributed by atoms with Crippen molar-refractivity contribution in [1.82, 2.24) is 0 Å². The molecule has 0 amide bonds. The minimum absolute atomic E-state index is 0.592. The van der Waals surface area contributed by atoms with Crippen LogP contribution in [0.5, 0.6) is 0 Å². The summed E-state index contributed by atoms with van der Waals surface area (Å²) in [6.07, 6.45) is -4.28. The molecular formula is C12H8F3-. The first-order valence-electron chi connectivity index (χ1n) is 4.47. The molecule has 0 nitrogen and oxygen atoms in total. The maximum Gasteiger partial charge on any atom is 0.415 e. The Morgan fingerprint density at radius 1 is 1.00 bits per heavy atom. The maximum absolute atomic E-state index is 12.4. The van der Waals surface area contributed by atoms with Crippen molar-refractivity contribution in [2.75, 3.05) is 0 Å². The van der Waals surface area contributed by atoms with Gasteiger partial charge in [-0.25, -0.2) is 0 Å². The molecule has 0 aliphatic carbocycles. The molecule has 0 spiro atoms. The van der Waals surface area contributed by atoms with Gasteiger partial charge in [0.2, 0.25) is 0 Å². The van der Waals surface area contributed by atoms with Gasteiger partial charge in [-0.15, -0.1) is 6.07 Å². The maximum atomic E-state index is 12.4. The third-order valence-corrected chi connectivity index (χ3v) is 2.19. The first kappa shape index (κ1) is 9.90. The average Bonchev–Trinajstić information content (AvgIpc) is 2.69. The van der Waals surface area contributed by atoms with Gasteiger partial charge in [0.15, 0.2) is 0 Å². The predicted molar refractivity (Wildman–Crippen MR) is 52.5 cm³/mol. The molecular weight excluding hydrogens is 201 g/mol. The van der Waals surface area contributed by atoms with Crippen molar-refractivity contribution >= 4 is 0 Å². The van der Waals surface area contributed by atoms with Crippen molar-refractivity contribution < 1.29 is 13.2 Å². The van der Waals surface area contributed by atoms with Gasteiger partial charge in [0, 0.05) is 5.56 Å². The van der Waals surface area contributed by atoms with Crippen LogP contribution in [0.3, 0.4) is 0 Å². The van der Waals surface area contributed by atoms with Crippen molar-refractivity contribution in [2.45, 2.75) is 6.18 Å². The van der Waals surface area contributed by atoms with E-state index in [2.05, 4.69) is 0 Å². The Morgan fingerprint density at radius 2 is 1.80 bits per heavy atom. The molecule has 0 unspecified atom stereocenters. The van der Waals surface area contributed by atoms with Crippen LogP contribution in [0.15, 0.2) is 48.5 Å². The molecule has 2 rings (SSSR count). The van der Waals surface area contributed by atoms with Gasteiger partial charge in [0.25, 0.3) is 0 Å². The third kappa shape index (κ3) is 2.06. The first-order chi connectivity index (χ1) is 7.07. The lowest BCUT2D eigenvalue weighted by Gasteiger charge is -2.11. The van der Waals surface area contributed by atoms with Gasteiger partial charge in [0.05, 0.1) is 0 Å². The second-order valence-electron chi connectivity index (χ2n) is 3.25. The molecule has 3 heteroatoms. The number of hydrogen-bond donors (Lipinski definition) is 0. The largest absolute Gasteiger partial charge is 0.415 e. The van der Waals surface area contributed by atoms with Crippen molar-refractivity contribution in [1.29, 1.82) is 0 Å². The Kier molecular flexibility index (Phi) is 2.31. The number of benzene rings is 1. The molecule has 2 aromatic rings. The summed E-state index contributed by atoms with van der Waals surface area (Å²) in [5, 5.41) is 0. The average molecular weight is 209 g/mol. The van der Waals surface area contributed by atoms with Gasteiger partial charge in [-0.3, -0.25) is 0 Å². The van der Waals surface area contributed by atoms with E-state index >= 15 is 0 Å². The molecule has 0 aliphatic heterocycles. The molecule has 0 fully saturated rings. The van der Waals surface area contributed by atoms with Crippen LogP contribution in [0.2, 0.25) is 0 Å². The normalized spacial score (nSPS) is 11.7. The lowest BCUT2D eigenvalue weighted by atomic mass is 10.1. The Bertz CT molecular complexity index is 438. The number of alkyl halides is 3. The zero-order valence-corrected chi connectivity index (χ0v) is 7.75. The predicted octanol–water partition coefficient (Wildman–Crippen LogP) is 4.09. The SMILES string of the molecule is FC(F)(F)c1cccc(-c2ccc[cH-]2)c1. The lowest BCUT2D eigenvalue weighted by Crippen LogP contribution is -2.04. The summed E-state index contributed by atoms with van der Waals surface area (Å²) in [6.45, 7) is 0. The summed E-state index contributed by atoms with van der Waals surface area (Å²) in [6, 6.07) is 12.5. The highest BCUT2D eigenvalue weighted by Gasteiger charge is 2.29. The number of hydrogen-bond acceptors (Lipinski definition) is 0. The van der Waals surface area contributed by atoms with Crippen LogP contribution < -0.4 is 0 Å². The van der Waals surface area contributed by atoms with Gasteiger partial charge in [-0.2, -0.15) is 36.9 Å². The van der Waals surface area contributed by atoms with Crippen LogP contribution in [-0.2, 0) is 6.18 Å². The summed E-state index contributed by atoms with van der Waals surface area (Å²) in [4.78, 5) is 0. The fraction of sp³-hybridized carbons (Fsp3) is 0.0833. The summed E-state index contributed by atoms with van der Waals surface area (Å²) >= 11 is 0. The smallest absolute Gasteiger partial charge is 0.176 e. The second kappa shape index (κ2) is 3.50. The fourth-order valence-electron chi connectivity index (χ4n) is 1.44. The van der Waals surface area contributed by atoms with Crippen LogP contribution in [0, 0.1) is 0 Å². The molecule has 0 radical (unpaired) electrons. The molecule has 0 aliphatic rings. The van der Waals surface area contributed by atoms with Crippen LogP contribution in [0.25, 0.3) is 11.1 Å². The van der Waals surface area contributed by atoms with Crippen LogP contribution >= 0.6 is 0 Å². The van der Waals surface area contributed by atoms with Crippen molar-refractivity contribution in [3.05, 3.63) is 54.1 Å². The van der Waals surface area contributed by atoms with E-state index in [1.54, 1.807) is 30.3 Å². The zero-order valence-electron chi connectivity index (χ0n) is 7.75. The van der Waals surface area contributed by atoms with Crippen LogP contribution in [0.4, 0.5) is 13.2 Å². The molecule has 15 heavy (non-hydrogen) atoms. The molecule has 0 saturated heterocycles. The topological polar surface area (TPSA) is 0 Å². The van der Waals surface area contributed by atoms with E-state index in [1.807, 2.05) is 0 Å². The summed E-state index contributed by atoms with van der Waals surface area (Å²) in [7, 11) is 0. The van der Waals surface area contributed by atoms with Crippen LogP contribution in [-0.4, -0.2) is 0 Å². The lowest BCUT2D eigenvalue weighted by molar-refractivity contribution is -0.137. The Morgan fingerprint density at radius 3 is 2.40 bits per heavy atom. The summed E-state index contributed by atoms with van der Waals surface area (Å²) in [5.41, 5.74) is 0.789. The Balaban J connectivity index is 2.44. The number of halogens is 3. The zero-order chi connectivity index (χ0) is 10.9. The van der Waals surface area contributed by atoms with Gasteiger partial charge in [0.1, 0.15) is 0 Å². The third-order valence-electron chi connectivity index (χ3n) is 2.19.